The maximum Gasteiger partial charge on any atom is 0.265 e. The summed E-state index contributed by atoms with van der Waals surface area (Å²) < 4.78 is 3.86. The van der Waals surface area contributed by atoms with Crippen LogP contribution in [0.4, 0.5) is 5.69 Å². The second-order valence-corrected chi connectivity index (χ2v) is 14.8. The number of rotatable bonds is 9. The maximum atomic E-state index is 6.50. The molecule has 208 valence electrons. The van der Waals surface area contributed by atoms with E-state index in [-0.39, 0.29) is 0 Å². The molecule has 0 saturated heterocycles. The van der Waals surface area contributed by atoms with E-state index in [0.717, 1.165) is 29.6 Å². The Labute approximate surface area is 268 Å². The van der Waals surface area contributed by atoms with E-state index in [9.17, 15) is 0 Å². The molecule has 0 fully saturated rings. The first kappa shape index (κ1) is 27.9. The number of hydrogen-bond acceptors (Lipinski definition) is 5. The minimum Gasteiger partial charge on any atom is -0.334 e. The average Bonchev–Trinajstić information content (AvgIpc) is 3.55. The van der Waals surface area contributed by atoms with Crippen LogP contribution in [-0.2, 0) is 6.54 Å². The number of thioether (sulfide) groups is 3. The monoisotopic (exact) mass is 639 g/mol. The Bertz CT molecular complexity index is 1890. The summed E-state index contributed by atoms with van der Waals surface area (Å²) in [5, 5.41) is 5.89. The van der Waals surface area contributed by atoms with E-state index in [2.05, 4.69) is 125 Å². The first-order chi connectivity index (χ1) is 20.7. The molecule has 42 heavy (non-hydrogen) atoms. The molecule has 2 nitrogen and oxygen atoms in total. The summed E-state index contributed by atoms with van der Waals surface area (Å²) in [6.45, 7) is 1.84. The number of aromatic nitrogens is 1. The number of nitrogens with zero attached hydrogens (tertiary/aromatic N) is 2. The van der Waals surface area contributed by atoms with Crippen LogP contribution < -0.4 is 9.47 Å². The SMILES string of the molecule is Clc1ccc2c(c1)N(CCSc1ccccc1)C(=Cc1sc3ccc4ccccc4c3[n+]1CCSc1ccccc1)S2. The fraction of sp³-hybridized carbons (Fsp3) is 0.114. The molecule has 0 saturated carbocycles. The Balaban J connectivity index is 1.26. The lowest BCUT2D eigenvalue weighted by molar-refractivity contribution is -0.663. The molecule has 0 unspecified atom stereocenters. The van der Waals surface area contributed by atoms with Crippen LogP contribution in [-0.4, -0.2) is 18.1 Å². The van der Waals surface area contributed by atoms with E-state index in [0.29, 0.717) is 0 Å². The van der Waals surface area contributed by atoms with E-state index in [1.807, 2.05) is 52.7 Å². The number of aryl methyl sites for hydroxylation is 1. The molecule has 5 aromatic carbocycles. The third-order valence-corrected chi connectivity index (χ3v) is 11.6. The third-order valence-electron chi connectivity index (χ3n) is 7.21. The Hall–Kier alpha value is -2.87. The van der Waals surface area contributed by atoms with Crippen molar-refractivity contribution in [2.45, 2.75) is 21.2 Å². The van der Waals surface area contributed by atoms with Crippen molar-refractivity contribution in [3.63, 3.8) is 0 Å². The van der Waals surface area contributed by atoms with Gasteiger partial charge >= 0.3 is 0 Å². The van der Waals surface area contributed by atoms with Gasteiger partial charge in [-0.2, -0.15) is 4.57 Å². The number of benzene rings is 5. The number of fused-ring (bicyclic) bond motifs is 4. The van der Waals surface area contributed by atoms with Gasteiger partial charge in [0.2, 0.25) is 5.52 Å². The Morgan fingerprint density at radius 2 is 1.48 bits per heavy atom. The van der Waals surface area contributed by atoms with Gasteiger partial charge in [-0.3, -0.25) is 0 Å². The molecule has 0 aliphatic carbocycles. The number of hydrogen-bond donors (Lipinski definition) is 0. The quantitative estimate of drug-likeness (QED) is 0.115. The van der Waals surface area contributed by atoms with Gasteiger partial charge in [0.1, 0.15) is 4.70 Å². The van der Waals surface area contributed by atoms with E-state index in [1.54, 1.807) is 0 Å². The van der Waals surface area contributed by atoms with Crippen molar-refractivity contribution in [3.05, 3.63) is 130 Å². The zero-order valence-electron chi connectivity index (χ0n) is 22.8. The van der Waals surface area contributed by atoms with Crippen molar-refractivity contribution in [3.8, 4) is 0 Å². The minimum absolute atomic E-state index is 0.776. The van der Waals surface area contributed by atoms with Crippen LogP contribution in [0.15, 0.2) is 135 Å². The second kappa shape index (κ2) is 12.8. The molecule has 0 bridgehead atoms. The van der Waals surface area contributed by atoms with Gasteiger partial charge in [0.05, 0.1) is 27.9 Å². The molecular weight excluding hydrogens is 612 g/mol. The van der Waals surface area contributed by atoms with Crippen LogP contribution in [0.3, 0.4) is 0 Å². The highest BCUT2D eigenvalue weighted by molar-refractivity contribution is 8.04. The standard InChI is InChI=1S/C35H28ClN2S4/c36-26-16-18-31-30(23-26)37(19-21-39-27-10-3-1-4-11-27)33(41-31)24-34-38(20-22-40-28-12-5-2-6-13-28)35-29-14-8-7-9-25(29)15-17-32(35)42-34/h1-18,23-24H,19-22H2/q+1. The Kier molecular flexibility index (Phi) is 8.50. The molecule has 1 aliphatic rings. The molecule has 0 radical (unpaired) electrons. The fourth-order valence-corrected chi connectivity index (χ4v) is 9.47. The van der Waals surface area contributed by atoms with Gasteiger partial charge in [0.25, 0.3) is 5.01 Å². The summed E-state index contributed by atoms with van der Waals surface area (Å²) in [6.07, 6.45) is 2.40. The molecule has 0 atom stereocenters. The van der Waals surface area contributed by atoms with Gasteiger partial charge in [-0.1, -0.05) is 95.4 Å². The molecule has 0 N–H and O–H groups in total. The highest BCUT2D eigenvalue weighted by atomic mass is 35.5. The second-order valence-electron chi connectivity index (χ2n) is 9.90. The molecule has 1 aromatic heterocycles. The lowest BCUT2D eigenvalue weighted by Gasteiger charge is -2.20. The molecule has 1 aliphatic heterocycles. The van der Waals surface area contributed by atoms with Crippen LogP contribution in [0, 0.1) is 0 Å². The first-order valence-electron chi connectivity index (χ1n) is 13.9. The summed E-state index contributed by atoms with van der Waals surface area (Å²) in [5.41, 5.74) is 2.53. The topological polar surface area (TPSA) is 7.12 Å². The van der Waals surface area contributed by atoms with E-state index >= 15 is 0 Å². The van der Waals surface area contributed by atoms with Crippen LogP contribution >= 0.6 is 58.2 Å². The van der Waals surface area contributed by atoms with Gasteiger partial charge in [-0.05, 0) is 60.0 Å². The number of thiazole rings is 1. The van der Waals surface area contributed by atoms with E-state index in [1.165, 1.54) is 51.4 Å². The zero-order valence-corrected chi connectivity index (χ0v) is 26.8. The summed E-state index contributed by atoms with van der Waals surface area (Å²) in [6, 6.07) is 40.9. The van der Waals surface area contributed by atoms with Crippen LogP contribution in [0.2, 0.25) is 5.02 Å². The van der Waals surface area contributed by atoms with Crippen LogP contribution in [0.25, 0.3) is 27.1 Å². The highest BCUT2D eigenvalue weighted by Gasteiger charge is 2.29. The Morgan fingerprint density at radius 3 is 2.26 bits per heavy atom. The van der Waals surface area contributed by atoms with Crippen molar-refractivity contribution < 1.29 is 4.57 Å². The van der Waals surface area contributed by atoms with E-state index < -0.39 is 0 Å². The average molecular weight is 640 g/mol. The largest absolute Gasteiger partial charge is 0.334 e. The lowest BCUT2D eigenvalue weighted by Crippen LogP contribution is -2.36. The first-order valence-corrected chi connectivity index (χ1v) is 17.9. The van der Waals surface area contributed by atoms with Gasteiger partial charge in [-0.15, -0.1) is 23.5 Å². The molecule has 0 amide bonds. The summed E-state index contributed by atoms with van der Waals surface area (Å²) in [5.74, 6) is 1.99. The van der Waals surface area contributed by atoms with Crippen molar-refractivity contribution in [1.29, 1.82) is 0 Å². The number of halogens is 1. The molecule has 0 spiro atoms. The minimum atomic E-state index is 0.776. The summed E-state index contributed by atoms with van der Waals surface area (Å²) in [4.78, 5) is 6.32. The normalized spacial score (nSPS) is 13.8. The van der Waals surface area contributed by atoms with Gasteiger partial charge in [-0.25, -0.2) is 0 Å². The zero-order chi connectivity index (χ0) is 28.3. The molecule has 7 heteroatoms. The number of anilines is 1. The smallest absolute Gasteiger partial charge is 0.265 e. The van der Waals surface area contributed by atoms with E-state index in [4.69, 9.17) is 11.6 Å². The van der Waals surface area contributed by atoms with Gasteiger partial charge in [0, 0.05) is 32.0 Å². The van der Waals surface area contributed by atoms with Crippen molar-refractivity contribution in [2.24, 2.45) is 0 Å². The van der Waals surface area contributed by atoms with Gasteiger partial charge in [0.15, 0.2) is 6.54 Å². The molecule has 6 aromatic rings. The Morgan fingerprint density at radius 1 is 0.762 bits per heavy atom. The molecule has 7 rings (SSSR count). The van der Waals surface area contributed by atoms with Crippen molar-refractivity contribution in [1.82, 2.24) is 0 Å². The van der Waals surface area contributed by atoms with Gasteiger partial charge < -0.3 is 4.90 Å². The lowest BCUT2D eigenvalue weighted by atomic mass is 10.1. The highest BCUT2D eigenvalue weighted by Crippen LogP contribution is 2.48. The summed E-state index contributed by atoms with van der Waals surface area (Å²) in [7, 11) is 0. The predicted molar refractivity (Wildman–Crippen MR) is 186 cm³/mol. The predicted octanol–water partition coefficient (Wildman–Crippen LogP) is 10.5. The molecule has 2 heterocycles. The molecular formula is C35H28ClN2S4+. The van der Waals surface area contributed by atoms with Crippen LogP contribution in [0.1, 0.15) is 5.01 Å². The third kappa shape index (κ3) is 5.97. The van der Waals surface area contributed by atoms with Crippen molar-refractivity contribution >= 4 is 91.0 Å². The fourth-order valence-electron chi connectivity index (χ4n) is 5.26. The summed E-state index contributed by atoms with van der Waals surface area (Å²) >= 11 is 14.0. The van der Waals surface area contributed by atoms with Crippen molar-refractivity contribution in [2.75, 3.05) is 23.0 Å². The van der Waals surface area contributed by atoms with Crippen LogP contribution in [0.5, 0.6) is 0 Å². The maximum absolute atomic E-state index is 6.50.